The van der Waals surface area contributed by atoms with Crippen molar-refractivity contribution in [1.29, 1.82) is 0 Å². The van der Waals surface area contributed by atoms with E-state index in [2.05, 4.69) is 4.18 Å². The van der Waals surface area contributed by atoms with E-state index in [9.17, 15) is 17.2 Å². The fourth-order valence-corrected chi connectivity index (χ4v) is 1.02. The molecule has 1 N–H and O–H groups in total. The van der Waals surface area contributed by atoms with Crippen LogP contribution in [-0.4, -0.2) is 13.0 Å². The first-order chi connectivity index (χ1) is 5.88. The van der Waals surface area contributed by atoms with Gasteiger partial charge in [-0.3, -0.25) is 4.55 Å². The van der Waals surface area contributed by atoms with Crippen LogP contribution in [-0.2, 0) is 10.4 Å². The van der Waals surface area contributed by atoms with Crippen molar-refractivity contribution in [1.82, 2.24) is 0 Å². The van der Waals surface area contributed by atoms with Gasteiger partial charge in [-0.15, -0.1) is 0 Å². The molecule has 0 unspecified atom stereocenters. The number of benzene rings is 1. The van der Waals surface area contributed by atoms with E-state index in [1.165, 1.54) is 0 Å². The monoisotopic (exact) mass is 218 g/mol. The van der Waals surface area contributed by atoms with Crippen molar-refractivity contribution >= 4 is 10.4 Å². The van der Waals surface area contributed by atoms with Gasteiger partial charge in [-0.1, -0.05) is 0 Å². The fraction of sp³-hybridized carbons (Fsp3) is 0. The normalized spacial score (nSPS) is 10.5. The Morgan fingerprint density at radius 1 is 1.36 bits per heavy atom. The van der Waals surface area contributed by atoms with Gasteiger partial charge in [0.1, 0.15) is 5.82 Å². The van der Waals surface area contributed by atoms with E-state index < -0.39 is 27.8 Å². The molecule has 0 aliphatic carbocycles. The van der Waals surface area contributed by atoms with Gasteiger partial charge in [0.05, 0.1) is 0 Å². The molecule has 0 bridgehead atoms. The third-order valence-electron chi connectivity index (χ3n) is 1.09. The summed E-state index contributed by atoms with van der Waals surface area (Å²) in [6.07, 6.45) is 0. The maximum Gasteiger partial charge on any atom is 1.00 e. The molecular formula is C6H5F2LiO4S. The smallest absolute Gasteiger partial charge is 1.00 e. The Kier molecular flexibility index (Phi) is 4.54. The van der Waals surface area contributed by atoms with Crippen LogP contribution in [0, 0.1) is 11.6 Å². The molecule has 14 heavy (non-hydrogen) atoms. The molecule has 0 saturated heterocycles. The predicted molar refractivity (Wildman–Crippen MR) is 39.6 cm³/mol. The second kappa shape index (κ2) is 4.75. The summed E-state index contributed by atoms with van der Waals surface area (Å²) in [6, 6.07) is 1.97. The van der Waals surface area contributed by atoms with Crippen LogP contribution in [0.15, 0.2) is 18.2 Å². The van der Waals surface area contributed by atoms with Crippen molar-refractivity contribution in [3.8, 4) is 5.75 Å². The van der Waals surface area contributed by atoms with E-state index in [4.69, 9.17) is 4.55 Å². The minimum atomic E-state index is -4.77. The molecule has 0 amide bonds. The number of hydrogen-bond donors (Lipinski definition) is 1. The van der Waals surface area contributed by atoms with E-state index in [0.717, 1.165) is 12.1 Å². The van der Waals surface area contributed by atoms with Crippen LogP contribution in [0.1, 0.15) is 1.43 Å². The molecule has 0 aromatic heterocycles. The van der Waals surface area contributed by atoms with Crippen molar-refractivity contribution in [2.24, 2.45) is 0 Å². The zero-order chi connectivity index (χ0) is 10.1. The Labute approximate surface area is 92.5 Å². The maximum atomic E-state index is 12.6. The van der Waals surface area contributed by atoms with E-state index in [1.807, 2.05) is 0 Å². The second-order valence-electron chi connectivity index (χ2n) is 2.09. The molecule has 74 valence electrons. The first-order valence-electron chi connectivity index (χ1n) is 3.00. The first kappa shape index (κ1) is 13.4. The molecule has 0 fully saturated rings. The van der Waals surface area contributed by atoms with Crippen molar-refractivity contribution in [3.05, 3.63) is 29.8 Å². The van der Waals surface area contributed by atoms with Crippen molar-refractivity contribution in [2.45, 2.75) is 0 Å². The van der Waals surface area contributed by atoms with Gasteiger partial charge in [0.2, 0.25) is 0 Å². The van der Waals surface area contributed by atoms with Crippen molar-refractivity contribution < 1.29 is 46.2 Å². The Balaban J connectivity index is 0. The summed E-state index contributed by atoms with van der Waals surface area (Å²) in [5, 5.41) is 0. The van der Waals surface area contributed by atoms with Crippen LogP contribution in [0.5, 0.6) is 5.75 Å². The van der Waals surface area contributed by atoms with Gasteiger partial charge in [0.25, 0.3) is 0 Å². The maximum absolute atomic E-state index is 12.6. The van der Waals surface area contributed by atoms with Gasteiger partial charge in [-0.25, -0.2) is 8.78 Å². The summed E-state index contributed by atoms with van der Waals surface area (Å²) in [5.41, 5.74) is 0. The van der Waals surface area contributed by atoms with Crippen molar-refractivity contribution in [2.75, 3.05) is 0 Å². The SMILES string of the molecule is O=S(=O)(O)Oc1ccc(F)cc1F.[H-].[Li+]. The molecule has 1 aromatic rings. The standard InChI is InChI=1S/C6H4F2O4S.Li.H/c7-4-1-2-6(5(8)3-4)12-13(9,10)11;;/h1-3H,(H,9,10,11);;/q;+1;-1. The molecule has 1 rings (SSSR count). The van der Waals surface area contributed by atoms with Crippen molar-refractivity contribution in [3.63, 3.8) is 0 Å². The molecule has 8 heteroatoms. The minimum Gasteiger partial charge on any atom is -1.00 e. The van der Waals surface area contributed by atoms with Gasteiger partial charge in [0.15, 0.2) is 11.6 Å². The average molecular weight is 218 g/mol. The number of rotatable bonds is 2. The van der Waals surface area contributed by atoms with E-state index in [-0.39, 0.29) is 20.3 Å². The molecule has 0 spiro atoms. The summed E-state index contributed by atoms with van der Waals surface area (Å²) >= 11 is 0. The summed E-state index contributed by atoms with van der Waals surface area (Å²) in [4.78, 5) is 0. The Morgan fingerprint density at radius 3 is 2.36 bits per heavy atom. The first-order valence-corrected chi connectivity index (χ1v) is 4.37. The second-order valence-corrected chi connectivity index (χ2v) is 3.11. The largest absolute Gasteiger partial charge is 1.00 e. The minimum absolute atomic E-state index is 0. The summed E-state index contributed by atoms with van der Waals surface area (Å²) in [6.45, 7) is 0. The number of halogens is 2. The summed E-state index contributed by atoms with van der Waals surface area (Å²) in [5.74, 6) is -2.85. The van der Waals surface area contributed by atoms with Crippen LogP contribution >= 0.6 is 0 Å². The Morgan fingerprint density at radius 2 is 1.93 bits per heavy atom. The summed E-state index contributed by atoms with van der Waals surface area (Å²) < 4.78 is 57.1. The van der Waals surface area contributed by atoms with E-state index >= 15 is 0 Å². The number of hydrogen-bond acceptors (Lipinski definition) is 3. The van der Waals surface area contributed by atoms with Crippen LogP contribution < -0.4 is 23.0 Å². The van der Waals surface area contributed by atoms with Gasteiger partial charge >= 0.3 is 29.3 Å². The van der Waals surface area contributed by atoms with Crippen LogP contribution in [0.2, 0.25) is 0 Å². The molecule has 0 radical (unpaired) electrons. The quantitative estimate of drug-likeness (QED) is 0.473. The van der Waals surface area contributed by atoms with E-state index in [0.29, 0.717) is 6.07 Å². The molecule has 0 aliphatic heterocycles. The van der Waals surface area contributed by atoms with E-state index in [1.54, 1.807) is 0 Å². The molecule has 4 nitrogen and oxygen atoms in total. The molecule has 1 aromatic carbocycles. The van der Waals surface area contributed by atoms with Crippen LogP contribution in [0.25, 0.3) is 0 Å². The molecule has 0 saturated carbocycles. The summed E-state index contributed by atoms with van der Waals surface area (Å²) in [7, 11) is -4.77. The molecular weight excluding hydrogens is 213 g/mol. The predicted octanol–water partition coefficient (Wildman–Crippen LogP) is -1.74. The Hall–Kier alpha value is -0.613. The van der Waals surface area contributed by atoms with Crippen LogP contribution in [0.4, 0.5) is 8.78 Å². The van der Waals surface area contributed by atoms with Gasteiger partial charge < -0.3 is 5.61 Å². The third-order valence-corrected chi connectivity index (χ3v) is 1.48. The zero-order valence-electron chi connectivity index (χ0n) is 8.07. The van der Waals surface area contributed by atoms with Crippen LogP contribution in [0.3, 0.4) is 0 Å². The average Bonchev–Trinajstić information content (AvgIpc) is 1.93. The fourth-order valence-electron chi connectivity index (χ4n) is 0.656. The molecule has 0 aliphatic rings. The topological polar surface area (TPSA) is 63.6 Å². The zero-order valence-corrected chi connectivity index (χ0v) is 7.88. The van der Waals surface area contributed by atoms with Gasteiger partial charge in [0, 0.05) is 6.07 Å². The van der Waals surface area contributed by atoms with Gasteiger partial charge in [-0.05, 0) is 12.1 Å². The third kappa shape index (κ3) is 4.06. The molecule has 0 heterocycles. The Bertz CT molecular complexity index is 425. The molecule has 0 atom stereocenters. The van der Waals surface area contributed by atoms with Gasteiger partial charge in [-0.2, -0.15) is 8.42 Å².